The topological polar surface area (TPSA) is 84.2 Å². The average molecular weight is 307 g/mol. The molecule has 1 aromatic heterocycles. The number of hydrogen-bond donors (Lipinski definition) is 3. The molecular weight excluding hydrogens is 286 g/mol. The molecule has 0 aromatic carbocycles. The summed E-state index contributed by atoms with van der Waals surface area (Å²) in [4.78, 5) is 25.0. The van der Waals surface area contributed by atoms with Gasteiger partial charge in [-0.25, -0.2) is 0 Å². The molecule has 1 amide bonds. The molecule has 0 radical (unpaired) electrons. The lowest BCUT2D eigenvalue weighted by atomic mass is 10.1. The molecule has 2 saturated carbocycles. The Morgan fingerprint density at radius 1 is 1.29 bits per heavy atom. The van der Waals surface area contributed by atoms with Crippen molar-refractivity contribution in [1.82, 2.24) is 5.32 Å². The second-order valence-electron chi connectivity index (χ2n) is 6.04. The summed E-state index contributed by atoms with van der Waals surface area (Å²) in [6, 6.07) is 0.301. The summed E-state index contributed by atoms with van der Waals surface area (Å²) in [5.74, 6) is 0.629. The van der Waals surface area contributed by atoms with Gasteiger partial charge in [0, 0.05) is 19.0 Å². The fraction of sp³-hybridized carbons (Fsp3) is 0.600. The van der Waals surface area contributed by atoms with Crippen molar-refractivity contribution in [1.29, 1.82) is 0 Å². The van der Waals surface area contributed by atoms with Gasteiger partial charge in [0.1, 0.15) is 5.00 Å². The van der Waals surface area contributed by atoms with Crippen LogP contribution in [0.4, 0.5) is 10.7 Å². The van der Waals surface area contributed by atoms with Crippen LogP contribution in [0.1, 0.15) is 52.6 Å². The van der Waals surface area contributed by atoms with Crippen LogP contribution in [0.25, 0.3) is 0 Å². The number of carbonyl (C=O) groups is 2. The molecule has 0 bridgehead atoms. The molecule has 2 aliphatic rings. The lowest BCUT2D eigenvalue weighted by Crippen LogP contribution is -2.23. The van der Waals surface area contributed by atoms with E-state index in [1.807, 2.05) is 0 Å². The van der Waals surface area contributed by atoms with Crippen molar-refractivity contribution in [3.05, 3.63) is 10.4 Å². The Hall–Kier alpha value is -1.56. The summed E-state index contributed by atoms with van der Waals surface area (Å²) in [6.45, 7) is 2.11. The Labute approximate surface area is 128 Å². The SMILES string of the molecule is CNC(=O)c1c(NC(C)C2CC2)sc(C(=O)C2CC2)c1N. The molecule has 0 aliphatic heterocycles. The highest BCUT2D eigenvalue weighted by atomic mass is 32.1. The number of Topliss-reactive ketones (excluding diaryl/α,β-unsaturated/α-hetero) is 1. The Kier molecular flexibility index (Phi) is 3.65. The number of amides is 1. The number of hydrogen-bond acceptors (Lipinski definition) is 5. The first-order valence-corrected chi connectivity index (χ1v) is 8.29. The normalized spacial score (nSPS) is 19.1. The zero-order chi connectivity index (χ0) is 15.1. The van der Waals surface area contributed by atoms with E-state index in [2.05, 4.69) is 17.6 Å². The molecule has 1 heterocycles. The van der Waals surface area contributed by atoms with E-state index in [1.165, 1.54) is 24.2 Å². The molecule has 1 unspecified atom stereocenters. The minimum Gasteiger partial charge on any atom is -0.397 e. The summed E-state index contributed by atoms with van der Waals surface area (Å²) >= 11 is 1.33. The van der Waals surface area contributed by atoms with Gasteiger partial charge in [-0.2, -0.15) is 0 Å². The molecule has 0 saturated heterocycles. The zero-order valence-corrected chi connectivity index (χ0v) is 13.2. The quantitative estimate of drug-likeness (QED) is 0.705. The first-order chi connectivity index (χ1) is 10.0. The van der Waals surface area contributed by atoms with Gasteiger partial charge in [0.15, 0.2) is 5.78 Å². The van der Waals surface area contributed by atoms with E-state index >= 15 is 0 Å². The van der Waals surface area contributed by atoms with Gasteiger partial charge >= 0.3 is 0 Å². The highest BCUT2D eigenvalue weighted by Crippen LogP contribution is 2.43. The second-order valence-corrected chi connectivity index (χ2v) is 7.06. The van der Waals surface area contributed by atoms with Crippen LogP contribution in [-0.4, -0.2) is 24.8 Å². The predicted octanol–water partition coefficient (Wildman–Crippen LogP) is 2.49. The van der Waals surface area contributed by atoms with Gasteiger partial charge in [-0.1, -0.05) is 0 Å². The number of anilines is 2. The van der Waals surface area contributed by atoms with E-state index in [0.29, 0.717) is 28.1 Å². The van der Waals surface area contributed by atoms with Gasteiger partial charge in [-0.15, -0.1) is 11.3 Å². The summed E-state index contributed by atoms with van der Waals surface area (Å²) in [5.41, 5.74) is 6.87. The summed E-state index contributed by atoms with van der Waals surface area (Å²) in [5, 5.41) is 6.73. The third kappa shape index (κ3) is 2.77. The van der Waals surface area contributed by atoms with E-state index in [-0.39, 0.29) is 17.6 Å². The number of rotatable bonds is 6. The van der Waals surface area contributed by atoms with Crippen molar-refractivity contribution in [2.45, 2.75) is 38.6 Å². The van der Waals surface area contributed by atoms with E-state index in [4.69, 9.17) is 5.73 Å². The number of ketones is 1. The van der Waals surface area contributed by atoms with Gasteiger partial charge in [0.05, 0.1) is 16.1 Å². The lowest BCUT2D eigenvalue weighted by Gasteiger charge is -2.14. The molecule has 6 heteroatoms. The van der Waals surface area contributed by atoms with Crippen LogP contribution in [0, 0.1) is 11.8 Å². The number of nitrogen functional groups attached to an aromatic ring is 1. The molecular formula is C15H21N3O2S. The van der Waals surface area contributed by atoms with Crippen LogP contribution in [0.2, 0.25) is 0 Å². The van der Waals surface area contributed by atoms with Crippen molar-refractivity contribution >= 4 is 33.7 Å². The Bertz CT molecular complexity index is 588. The first kappa shape index (κ1) is 14.4. The maximum absolute atomic E-state index is 12.3. The molecule has 0 spiro atoms. The minimum absolute atomic E-state index is 0.0924. The molecule has 21 heavy (non-hydrogen) atoms. The van der Waals surface area contributed by atoms with Crippen molar-refractivity contribution in [3.63, 3.8) is 0 Å². The van der Waals surface area contributed by atoms with E-state index in [9.17, 15) is 9.59 Å². The second kappa shape index (κ2) is 5.33. The maximum atomic E-state index is 12.3. The fourth-order valence-electron chi connectivity index (χ4n) is 2.53. The lowest BCUT2D eigenvalue weighted by molar-refractivity contribution is 0.0964. The van der Waals surface area contributed by atoms with Crippen molar-refractivity contribution in [3.8, 4) is 0 Å². The molecule has 5 nitrogen and oxygen atoms in total. The van der Waals surface area contributed by atoms with Crippen molar-refractivity contribution < 1.29 is 9.59 Å². The van der Waals surface area contributed by atoms with E-state index in [1.54, 1.807) is 7.05 Å². The zero-order valence-electron chi connectivity index (χ0n) is 12.4. The van der Waals surface area contributed by atoms with Gasteiger partial charge < -0.3 is 16.4 Å². The van der Waals surface area contributed by atoms with Crippen LogP contribution in [0.3, 0.4) is 0 Å². The smallest absolute Gasteiger partial charge is 0.256 e. The highest BCUT2D eigenvalue weighted by molar-refractivity contribution is 7.19. The van der Waals surface area contributed by atoms with Crippen molar-refractivity contribution in [2.75, 3.05) is 18.1 Å². The Balaban J connectivity index is 1.93. The van der Waals surface area contributed by atoms with Crippen LogP contribution < -0.4 is 16.4 Å². The number of nitrogens with one attached hydrogen (secondary N) is 2. The van der Waals surface area contributed by atoms with Gasteiger partial charge in [-0.3, -0.25) is 9.59 Å². The van der Waals surface area contributed by atoms with Crippen LogP contribution in [-0.2, 0) is 0 Å². The van der Waals surface area contributed by atoms with Crippen LogP contribution >= 0.6 is 11.3 Å². The number of nitrogens with two attached hydrogens (primary N) is 1. The third-order valence-electron chi connectivity index (χ3n) is 4.26. The third-order valence-corrected chi connectivity index (χ3v) is 5.41. The standard InChI is InChI=1S/C15H21N3O2S/c1-7(8-3-4-8)18-15-10(14(20)17-2)11(16)13(21-15)12(19)9-5-6-9/h7-9,18H,3-6,16H2,1-2H3,(H,17,20). The Morgan fingerprint density at radius 2 is 1.95 bits per heavy atom. The number of carbonyl (C=O) groups excluding carboxylic acids is 2. The fourth-order valence-corrected chi connectivity index (χ4v) is 3.76. The molecule has 2 aliphatic carbocycles. The first-order valence-electron chi connectivity index (χ1n) is 7.48. The van der Waals surface area contributed by atoms with E-state index in [0.717, 1.165) is 17.8 Å². The van der Waals surface area contributed by atoms with E-state index < -0.39 is 0 Å². The monoisotopic (exact) mass is 307 g/mol. The van der Waals surface area contributed by atoms with Gasteiger partial charge in [0.25, 0.3) is 5.91 Å². The number of thiophene rings is 1. The summed E-state index contributed by atoms with van der Waals surface area (Å²) in [7, 11) is 1.58. The predicted molar refractivity (Wildman–Crippen MR) is 85.0 cm³/mol. The summed E-state index contributed by atoms with van der Waals surface area (Å²) < 4.78 is 0. The molecule has 1 aromatic rings. The Morgan fingerprint density at radius 3 is 2.48 bits per heavy atom. The largest absolute Gasteiger partial charge is 0.397 e. The van der Waals surface area contributed by atoms with Crippen molar-refractivity contribution in [2.24, 2.45) is 11.8 Å². The highest BCUT2D eigenvalue weighted by Gasteiger charge is 2.36. The van der Waals surface area contributed by atoms with Gasteiger partial charge in [0.2, 0.25) is 0 Å². The van der Waals surface area contributed by atoms with Crippen LogP contribution in [0.5, 0.6) is 0 Å². The van der Waals surface area contributed by atoms with Crippen LogP contribution in [0.15, 0.2) is 0 Å². The molecule has 1 atom stereocenters. The molecule has 114 valence electrons. The maximum Gasteiger partial charge on any atom is 0.256 e. The molecule has 2 fully saturated rings. The molecule has 3 rings (SSSR count). The molecule has 4 N–H and O–H groups in total. The van der Waals surface area contributed by atoms with Gasteiger partial charge in [-0.05, 0) is 38.5 Å². The minimum atomic E-state index is -0.232. The summed E-state index contributed by atoms with van der Waals surface area (Å²) in [6.07, 6.45) is 4.32. The average Bonchev–Trinajstić information content (AvgIpc) is 3.35.